The van der Waals surface area contributed by atoms with Gasteiger partial charge in [-0.3, -0.25) is 0 Å². The molecule has 1 aromatic carbocycles. The molecule has 1 unspecified atom stereocenters. The molecule has 15 heteroatoms. The monoisotopic (exact) mass is 484 g/mol. The van der Waals surface area contributed by atoms with Crippen LogP contribution in [0.1, 0.15) is 18.1 Å². The fourth-order valence-corrected chi connectivity index (χ4v) is 2.32. The molecular formula is C16H13F13O2. The van der Waals surface area contributed by atoms with Gasteiger partial charge in [-0.25, -0.2) is 0 Å². The van der Waals surface area contributed by atoms with Crippen LogP contribution < -0.4 is 4.74 Å². The molecule has 0 saturated heterocycles. The van der Waals surface area contributed by atoms with Crippen LogP contribution >= 0.6 is 0 Å². The summed E-state index contributed by atoms with van der Waals surface area (Å²) in [5.74, 6) is -36.9. The summed E-state index contributed by atoms with van der Waals surface area (Å²) in [5, 5.41) is 0. The van der Waals surface area contributed by atoms with Gasteiger partial charge in [-0.05, 0) is 17.7 Å². The maximum atomic E-state index is 14.0. The van der Waals surface area contributed by atoms with E-state index in [1.54, 1.807) is 0 Å². The number of benzene rings is 1. The SMILES string of the molecule is COc1ccc(C(CC(F)(F)C(F)(F)C(F)(F)C(F)(F)C(F)(F)C(F)(F)F)OC)cc1. The lowest BCUT2D eigenvalue weighted by atomic mass is 9.90. The van der Waals surface area contributed by atoms with E-state index >= 15 is 0 Å². The van der Waals surface area contributed by atoms with Crippen LogP contribution in [0.25, 0.3) is 0 Å². The second-order valence-electron chi connectivity index (χ2n) is 6.20. The molecule has 1 rings (SSSR count). The number of halogens is 13. The zero-order valence-corrected chi connectivity index (χ0v) is 15.3. The van der Waals surface area contributed by atoms with Crippen molar-refractivity contribution in [2.75, 3.05) is 14.2 Å². The summed E-state index contributed by atoms with van der Waals surface area (Å²) >= 11 is 0. The van der Waals surface area contributed by atoms with Gasteiger partial charge in [0.15, 0.2) is 0 Å². The Morgan fingerprint density at radius 1 is 0.645 bits per heavy atom. The first-order valence-corrected chi connectivity index (χ1v) is 7.83. The van der Waals surface area contributed by atoms with Crippen molar-refractivity contribution in [3.63, 3.8) is 0 Å². The average molecular weight is 484 g/mol. The highest BCUT2D eigenvalue weighted by Gasteiger charge is 2.90. The fraction of sp³-hybridized carbons (Fsp3) is 0.625. The molecule has 0 N–H and O–H groups in total. The summed E-state index contributed by atoms with van der Waals surface area (Å²) in [6, 6.07) is 4.10. The minimum Gasteiger partial charge on any atom is -0.497 e. The van der Waals surface area contributed by atoms with Crippen LogP contribution in [-0.4, -0.2) is 50.0 Å². The molecule has 0 aliphatic heterocycles. The van der Waals surface area contributed by atoms with Gasteiger partial charge in [0.05, 0.1) is 13.2 Å². The Labute approximate surface area is 165 Å². The summed E-state index contributed by atoms with van der Waals surface area (Å²) in [5.41, 5.74) is -0.366. The zero-order valence-electron chi connectivity index (χ0n) is 15.3. The normalized spacial score (nSPS) is 15.7. The van der Waals surface area contributed by atoms with Crippen molar-refractivity contribution >= 4 is 0 Å². The van der Waals surface area contributed by atoms with Crippen LogP contribution in [0.4, 0.5) is 57.1 Å². The van der Waals surface area contributed by atoms with Crippen LogP contribution in [0.3, 0.4) is 0 Å². The van der Waals surface area contributed by atoms with Crippen molar-refractivity contribution in [3.05, 3.63) is 29.8 Å². The van der Waals surface area contributed by atoms with E-state index in [-0.39, 0.29) is 11.3 Å². The first-order chi connectivity index (χ1) is 13.7. The Morgan fingerprint density at radius 2 is 1.06 bits per heavy atom. The second-order valence-corrected chi connectivity index (χ2v) is 6.20. The van der Waals surface area contributed by atoms with Gasteiger partial charge in [0.1, 0.15) is 5.75 Å². The van der Waals surface area contributed by atoms with Gasteiger partial charge in [0.2, 0.25) is 0 Å². The molecule has 0 aliphatic rings. The Hall–Kier alpha value is -1.93. The first-order valence-electron chi connectivity index (χ1n) is 7.83. The molecule has 180 valence electrons. The van der Waals surface area contributed by atoms with Gasteiger partial charge >= 0.3 is 35.8 Å². The maximum absolute atomic E-state index is 14.0. The predicted molar refractivity (Wildman–Crippen MR) is 78.2 cm³/mol. The van der Waals surface area contributed by atoms with Crippen molar-refractivity contribution in [1.29, 1.82) is 0 Å². The number of alkyl halides is 13. The van der Waals surface area contributed by atoms with Crippen LogP contribution in [0.2, 0.25) is 0 Å². The predicted octanol–water partition coefficient (Wildman–Crippen LogP) is 6.51. The molecular weight excluding hydrogens is 471 g/mol. The van der Waals surface area contributed by atoms with Crippen molar-refractivity contribution in [3.8, 4) is 5.75 Å². The Kier molecular flexibility index (Phi) is 7.17. The topological polar surface area (TPSA) is 18.5 Å². The molecule has 0 saturated carbocycles. The first kappa shape index (κ1) is 27.1. The highest BCUT2D eigenvalue weighted by atomic mass is 19.4. The molecule has 0 spiro atoms. The molecule has 0 aromatic heterocycles. The molecule has 0 bridgehead atoms. The summed E-state index contributed by atoms with van der Waals surface area (Å²) < 4.78 is 180. The van der Waals surface area contributed by atoms with Gasteiger partial charge < -0.3 is 9.47 Å². The second kappa shape index (κ2) is 8.20. The molecule has 31 heavy (non-hydrogen) atoms. The standard InChI is InChI=1S/C16H13F13O2/c1-30-9-5-3-8(4-6-9)10(31-2)7-11(17,18)12(19,20)13(21,22)14(23,24)15(25,26)16(27,28)29/h3-6,10H,7H2,1-2H3. The number of ether oxygens (including phenoxy) is 2. The molecule has 1 atom stereocenters. The van der Waals surface area contributed by atoms with Crippen LogP contribution in [0.5, 0.6) is 5.75 Å². The van der Waals surface area contributed by atoms with Crippen molar-refractivity contribution in [1.82, 2.24) is 0 Å². The molecule has 2 nitrogen and oxygen atoms in total. The Morgan fingerprint density at radius 3 is 1.42 bits per heavy atom. The number of methoxy groups -OCH3 is 2. The molecule has 0 fully saturated rings. The molecule has 0 aliphatic carbocycles. The molecule has 0 amide bonds. The summed E-state index contributed by atoms with van der Waals surface area (Å²) in [4.78, 5) is 0. The van der Waals surface area contributed by atoms with E-state index in [9.17, 15) is 57.1 Å². The van der Waals surface area contributed by atoms with Crippen LogP contribution in [0, 0.1) is 0 Å². The van der Waals surface area contributed by atoms with E-state index in [4.69, 9.17) is 4.74 Å². The lowest BCUT2D eigenvalue weighted by molar-refractivity contribution is -0.440. The van der Waals surface area contributed by atoms with Crippen molar-refractivity contribution < 1.29 is 66.5 Å². The average Bonchev–Trinajstić information content (AvgIpc) is 2.64. The molecule has 1 aromatic rings. The summed E-state index contributed by atoms with van der Waals surface area (Å²) in [6.07, 6.45) is -12.1. The van der Waals surface area contributed by atoms with E-state index in [1.165, 1.54) is 7.11 Å². The maximum Gasteiger partial charge on any atom is 0.460 e. The highest BCUT2D eigenvalue weighted by molar-refractivity contribution is 5.29. The quantitative estimate of drug-likeness (QED) is 0.372. The summed E-state index contributed by atoms with van der Waals surface area (Å²) in [7, 11) is 1.84. The largest absolute Gasteiger partial charge is 0.497 e. The third-order valence-electron chi connectivity index (χ3n) is 4.21. The minimum atomic E-state index is -7.92. The minimum absolute atomic E-state index is 0.135. The van der Waals surface area contributed by atoms with E-state index < -0.39 is 48.3 Å². The van der Waals surface area contributed by atoms with Crippen LogP contribution in [0.15, 0.2) is 24.3 Å². The zero-order chi connectivity index (χ0) is 24.7. The highest BCUT2D eigenvalue weighted by Crippen LogP contribution is 2.61. The number of hydrogen-bond acceptors (Lipinski definition) is 2. The van der Waals surface area contributed by atoms with E-state index in [2.05, 4.69) is 4.74 Å². The molecule has 0 heterocycles. The number of rotatable bonds is 9. The van der Waals surface area contributed by atoms with Gasteiger partial charge in [0.25, 0.3) is 0 Å². The number of hydrogen-bond donors (Lipinski definition) is 0. The van der Waals surface area contributed by atoms with E-state index in [0.717, 1.165) is 24.3 Å². The smallest absolute Gasteiger partial charge is 0.460 e. The third kappa shape index (κ3) is 4.37. The van der Waals surface area contributed by atoms with Gasteiger partial charge in [-0.2, -0.15) is 57.1 Å². The lowest BCUT2D eigenvalue weighted by Crippen LogP contribution is -2.70. The van der Waals surface area contributed by atoms with E-state index in [1.807, 2.05) is 0 Å². The third-order valence-corrected chi connectivity index (χ3v) is 4.21. The summed E-state index contributed by atoms with van der Waals surface area (Å²) in [6.45, 7) is 0. The lowest BCUT2D eigenvalue weighted by Gasteiger charge is -2.40. The van der Waals surface area contributed by atoms with Crippen molar-refractivity contribution in [2.24, 2.45) is 0 Å². The molecule has 0 radical (unpaired) electrons. The Balaban J connectivity index is 3.37. The fourth-order valence-electron chi connectivity index (χ4n) is 2.32. The van der Waals surface area contributed by atoms with Gasteiger partial charge in [-0.15, -0.1) is 0 Å². The van der Waals surface area contributed by atoms with Gasteiger partial charge in [-0.1, -0.05) is 12.1 Å². The van der Waals surface area contributed by atoms with Gasteiger partial charge in [0, 0.05) is 13.5 Å². The van der Waals surface area contributed by atoms with Crippen LogP contribution in [-0.2, 0) is 4.74 Å². The van der Waals surface area contributed by atoms with Crippen molar-refractivity contribution in [2.45, 2.75) is 48.3 Å². The van der Waals surface area contributed by atoms with E-state index in [0.29, 0.717) is 7.11 Å². The Bertz CT molecular complexity index is 741.